The Hall–Kier alpha value is -2.75. The highest BCUT2D eigenvalue weighted by atomic mass is 32.2. The number of rotatable bonds is 8. The minimum atomic E-state index is -1.44. The lowest BCUT2D eigenvalue weighted by molar-refractivity contribution is -0.129. The summed E-state index contributed by atoms with van der Waals surface area (Å²) in [5.74, 6) is -0.692. The Kier molecular flexibility index (Phi) is 7.20. The minimum Gasteiger partial charge on any atom is -0.616 e. The topological polar surface area (TPSA) is 123 Å². The van der Waals surface area contributed by atoms with Crippen LogP contribution >= 0.6 is 0 Å². The molecule has 1 aliphatic rings. The van der Waals surface area contributed by atoms with Gasteiger partial charge in [0.15, 0.2) is 5.25 Å². The Bertz CT molecular complexity index is 946. The molecule has 2 aromatic carbocycles. The van der Waals surface area contributed by atoms with Crippen LogP contribution in [-0.4, -0.2) is 39.0 Å². The van der Waals surface area contributed by atoms with Crippen molar-refractivity contribution in [2.75, 3.05) is 6.26 Å². The second-order valence-electron chi connectivity index (χ2n) is 7.18. The number of nitrogens with zero attached hydrogens (tertiary/aromatic N) is 2. The molecule has 0 aliphatic carbocycles. The maximum absolute atomic E-state index is 11.8. The zero-order valence-corrected chi connectivity index (χ0v) is 17.5. The average Bonchev–Trinajstić information content (AvgIpc) is 3.20. The van der Waals surface area contributed by atoms with Gasteiger partial charge in [0.25, 0.3) is 5.91 Å². The van der Waals surface area contributed by atoms with E-state index in [1.165, 1.54) is 6.26 Å². The fraction of sp³-hybridized carbons (Fsp3) is 0.333. The summed E-state index contributed by atoms with van der Waals surface area (Å²) in [6, 6.07) is 13.7. The smallest absolute Gasteiger partial charge is 0.296 e. The second-order valence-corrected chi connectivity index (χ2v) is 8.75. The van der Waals surface area contributed by atoms with Crippen LogP contribution in [0.15, 0.2) is 52.8 Å². The van der Waals surface area contributed by atoms with E-state index in [4.69, 9.17) is 10.0 Å². The summed E-state index contributed by atoms with van der Waals surface area (Å²) >= 11 is -1.44. The summed E-state index contributed by atoms with van der Waals surface area (Å²) in [4.78, 5) is 27.6. The number of nitrogens with one attached hydrogen (secondary N) is 1. The van der Waals surface area contributed by atoms with Crippen LogP contribution in [0.4, 0.5) is 0 Å². The molecule has 8 nitrogen and oxygen atoms in total. The van der Waals surface area contributed by atoms with Crippen LogP contribution in [0.1, 0.15) is 29.5 Å². The van der Waals surface area contributed by atoms with Gasteiger partial charge in [-0.1, -0.05) is 52.8 Å². The van der Waals surface area contributed by atoms with Gasteiger partial charge in [0.05, 0.1) is 12.0 Å². The Morgan fingerprint density at radius 1 is 1.33 bits per heavy atom. The van der Waals surface area contributed by atoms with Gasteiger partial charge in [-0.05, 0) is 45.9 Å². The molecule has 1 heterocycles. The lowest BCUT2D eigenvalue weighted by Crippen LogP contribution is -2.40. The first-order valence-corrected chi connectivity index (χ1v) is 11.0. The lowest BCUT2D eigenvalue weighted by Gasteiger charge is -2.18. The van der Waals surface area contributed by atoms with E-state index in [0.717, 1.165) is 33.5 Å². The number of hydrogen-bond donors (Lipinski definition) is 2. The van der Waals surface area contributed by atoms with Crippen molar-refractivity contribution in [1.29, 1.82) is 0 Å². The Morgan fingerprint density at radius 2 is 2.03 bits per heavy atom. The highest BCUT2D eigenvalue weighted by Gasteiger charge is 2.34. The van der Waals surface area contributed by atoms with Gasteiger partial charge in [0.2, 0.25) is 0 Å². The van der Waals surface area contributed by atoms with Crippen molar-refractivity contribution in [2.24, 2.45) is 10.3 Å². The molecule has 2 aromatic rings. The van der Waals surface area contributed by atoms with Crippen molar-refractivity contribution in [3.8, 4) is 11.1 Å². The first-order valence-electron chi connectivity index (χ1n) is 9.41. The SMILES string of the molecule is Cc1cc(CN=O)ccc1-c1ccc(C2=NOC(CC(C(=O)NO)[S+](C)[O-])C2)cc1. The second kappa shape index (κ2) is 9.84. The Morgan fingerprint density at radius 3 is 2.63 bits per heavy atom. The maximum atomic E-state index is 11.8. The number of oxime groups is 1. The van der Waals surface area contributed by atoms with Crippen molar-refractivity contribution in [3.63, 3.8) is 0 Å². The van der Waals surface area contributed by atoms with Gasteiger partial charge >= 0.3 is 0 Å². The van der Waals surface area contributed by atoms with Gasteiger partial charge in [-0.3, -0.25) is 10.0 Å². The summed E-state index contributed by atoms with van der Waals surface area (Å²) in [6.07, 6.45) is 1.71. The number of benzene rings is 2. The largest absolute Gasteiger partial charge is 0.616 e. The minimum absolute atomic E-state index is 0.160. The van der Waals surface area contributed by atoms with Gasteiger partial charge in [0, 0.05) is 12.8 Å². The van der Waals surface area contributed by atoms with E-state index in [0.29, 0.717) is 6.42 Å². The van der Waals surface area contributed by atoms with E-state index >= 15 is 0 Å². The predicted octanol–water partition coefficient (Wildman–Crippen LogP) is 3.06. The molecule has 3 rings (SSSR count). The third kappa shape index (κ3) is 5.05. The van der Waals surface area contributed by atoms with Gasteiger partial charge in [-0.15, -0.1) is 0 Å². The summed E-state index contributed by atoms with van der Waals surface area (Å²) in [5.41, 5.74) is 7.26. The molecule has 0 bridgehead atoms. The fourth-order valence-electron chi connectivity index (χ4n) is 3.49. The van der Waals surface area contributed by atoms with E-state index in [9.17, 15) is 14.3 Å². The predicted molar refractivity (Wildman–Crippen MR) is 115 cm³/mol. The normalized spacial score (nSPS) is 17.6. The number of nitroso groups, excluding NO2 is 1. The molecule has 0 fully saturated rings. The van der Waals surface area contributed by atoms with Crippen molar-refractivity contribution in [1.82, 2.24) is 5.48 Å². The maximum Gasteiger partial charge on any atom is 0.296 e. The van der Waals surface area contributed by atoms with Crippen molar-refractivity contribution >= 4 is 22.8 Å². The summed E-state index contributed by atoms with van der Waals surface area (Å²) in [5, 5.41) is 15.0. The molecule has 0 saturated heterocycles. The zero-order chi connectivity index (χ0) is 21.7. The monoisotopic (exact) mass is 429 g/mol. The van der Waals surface area contributed by atoms with E-state index in [-0.39, 0.29) is 19.1 Å². The molecule has 3 atom stereocenters. The molecule has 1 aliphatic heterocycles. The molecule has 0 radical (unpaired) electrons. The molecule has 0 aromatic heterocycles. The highest BCUT2D eigenvalue weighted by Crippen LogP contribution is 2.27. The molecule has 0 saturated carbocycles. The fourth-order valence-corrected chi connectivity index (χ4v) is 4.33. The summed E-state index contributed by atoms with van der Waals surface area (Å²) < 4.78 is 11.8. The molecule has 2 N–H and O–H groups in total. The van der Waals surface area contributed by atoms with Crippen LogP contribution in [0.2, 0.25) is 0 Å². The van der Waals surface area contributed by atoms with E-state index in [1.807, 2.05) is 49.4 Å². The van der Waals surface area contributed by atoms with Gasteiger partial charge in [-0.25, -0.2) is 5.48 Å². The number of aryl methyl sites for hydroxylation is 1. The Labute approximate surface area is 177 Å². The van der Waals surface area contributed by atoms with Crippen LogP contribution in [0.5, 0.6) is 0 Å². The number of hydroxylamine groups is 1. The number of amides is 1. The van der Waals surface area contributed by atoms with E-state index < -0.39 is 22.3 Å². The molecule has 0 spiro atoms. The van der Waals surface area contributed by atoms with Crippen molar-refractivity contribution in [3.05, 3.63) is 64.1 Å². The third-order valence-electron chi connectivity index (χ3n) is 5.08. The lowest BCUT2D eigenvalue weighted by atomic mass is 9.96. The van der Waals surface area contributed by atoms with Crippen LogP contribution in [-0.2, 0) is 27.4 Å². The Balaban J connectivity index is 1.67. The van der Waals surface area contributed by atoms with Crippen LogP contribution < -0.4 is 5.48 Å². The van der Waals surface area contributed by atoms with E-state index in [2.05, 4.69) is 10.3 Å². The van der Waals surface area contributed by atoms with Crippen molar-refractivity contribution < 1.29 is 19.4 Å². The quantitative estimate of drug-likeness (QED) is 0.289. The van der Waals surface area contributed by atoms with Gasteiger partial charge < -0.3 is 9.39 Å². The summed E-state index contributed by atoms with van der Waals surface area (Å²) in [7, 11) is 0. The van der Waals surface area contributed by atoms with E-state index in [1.54, 1.807) is 5.48 Å². The van der Waals surface area contributed by atoms with Crippen LogP contribution in [0, 0.1) is 11.8 Å². The highest BCUT2D eigenvalue weighted by molar-refractivity contribution is 7.92. The molecule has 30 heavy (non-hydrogen) atoms. The molecule has 3 unspecified atom stereocenters. The van der Waals surface area contributed by atoms with Gasteiger partial charge in [0.1, 0.15) is 12.6 Å². The number of hydrogen-bond acceptors (Lipinski definition) is 7. The van der Waals surface area contributed by atoms with Crippen LogP contribution in [0.25, 0.3) is 11.1 Å². The standard InChI is InChI=1S/C21H23N3O5S/c1-13-9-14(12-22-26)3-8-18(13)15-4-6-16(7-5-15)19-10-17(29-24-19)11-20(30(2)28)21(25)23-27/h3-9,17,20,27H,10-12H2,1-2H3,(H,23,25). The first kappa shape index (κ1) is 21.9. The molecular formula is C21H23N3O5S. The van der Waals surface area contributed by atoms with Crippen molar-refractivity contribution in [2.45, 2.75) is 37.7 Å². The molecule has 1 amide bonds. The van der Waals surface area contributed by atoms with Gasteiger partial charge in [-0.2, -0.15) is 4.91 Å². The molecule has 158 valence electrons. The third-order valence-corrected chi connectivity index (χ3v) is 6.29. The molecule has 9 heteroatoms. The number of carbonyl (C=O) groups excluding carboxylic acids is 1. The van der Waals surface area contributed by atoms with Crippen LogP contribution in [0.3, 0.4) is 0 Å². The number of carbonyl (C=O) groups is 1. The zero-order valence-electron chi connectivity index (χ0n) is 16.7. The summed E-state index contributed by atoms with van der Waals surface area (Å²) in [6.45, 7) is 2.15. The average molecular weight is 429 g/mol. The first-order chi connectivity index (χ1) is 14.4. The molecular weight excluding hydrogens is 406 g/mol.